The molecular weight excluding hydrogens is 340 g/mol. The van der Waals surface area contributed by atoms with Gasteiger partial charge in [0, 0.05) is 13.0 Å². The summed E-state index contributed by atoms with van der Waals surface area (Å²) in [4.78, 5) is 15.3. The van der Waals surface area contributed by atoms with Crippen LogP contribution in [0.15, 0.2) is 9.21 Å². The van der Waals surface area contributed by atoms with Gasteiger partial charge in [0.1, 0.15) is 21.1 Å². The molecule has 5 nitrogen and oxygen atoms in total. The van der Waals surface area contributed by atoms with Crippen LogP contribution in [0.5, 0.6) is 0 Å². The Morgan fingerprint density at radius 3 is 2.69 bits per heavy atom. The molecule has 1 amide bonds. The zero-order chi connectivity index (χ0) is 12.3. The van der Waals surface area contributed by atoms with Crippen molar-refractivity contribution in [3.05, 3.63) is 15.0 Å². The van der Waals surface area contributed by atoms with E-state index in [-0.39, 0.29) is 0 Å². The molecule has 0 radical (unpaired) electrons. The van der Waals surface area contributed by atoms with Crippen molar-refractivity contribution < 1.29 is 4.79 Å². The van der Waals surface area contributed by atoms with Crippen LogP contribution in [0.3, 0.4) is 0 Å². The molecule has 0 aliphatic heterocycles. The molecule has 1 heterocycles. The fourth-order valence-corrected chi connectivity index (χ4v) is 2.19. The van der Waals surface area contributed by atoms with E-state index in [9.17, 15) is 4.79 Å². The number of carbonyl (C=O) groups excluding carboxylic acids is 1. The Morgan fingerprint density at radius 1 is 1.56 bits per heavy atom. The first-order chi connectivity index (χ1) is 7.47. The lowest BCUT2D eigenvalue weighted by Gasteiger charge is -2.12. The Hall–Kier alpha value is -0.400. The van der Waals surface area contributed by atoms with Crippen LogP contribution in [0.4, 0.5) is 0 Å². The molecule has 0 fully saturated rings. The SMILES string of the molecule is CCCc1nc(Br)c(Br)n1CC(N)C(N)=O. The van der Waals surface area contributed by atoms with Crippen LogP contribution in [0.2, 0.25) is 0 Å². The lowest BCUT2D eigenvalue weighted by Crippen LogP contribution is -2.40. The van der Waals surface area contributed by atoms with Crippen molar-refractivity contribution in [2.24, 2.45) is 11.5 Å². The molecule has 1 rings (SSSR count). The van der Waals surface area contributed by atoms with Gasteiger partial charge in [-0.1, -0.05) is 6.92 Å². The topological polar surface area (TPSA) is 86.9 Å². The second-order valence-electron chi connectivity index (χ2n) is 3.48. The highest BCUT2D eigenvalue weighted by molar-refractivity contribution is 9.13. The smallest absolute Gasteiger partial charge is 0.236 e. The van der Waals surface area contributed by atoms with Gasteiger partial charge in [-0.3, -0.25) is 4.79 Å². The molecule has 0 saturated carbocycles. The molecule has 0 spiro atoms. The van der Waals surface area contributed by atoms with Crippen LogP contribution in [-0.2, 0) is 17.8 Å². The number of aryl methyl sites for hydroxylation is 1. The maximum atomic E-state index is 10.9. The fourth-order valence-electron chi connectivity index (χ4n) is 1.33. The number of rotatable bonds is 5. The summed E-state index contributed by atoms with van der Waals surface area (Å²) in [7, 11) is 0. The third kappa shape index (κ3) is 3.05. The summed E-state index contributed by atoms with van der Waals surface area (Å²) in [6, 6.07) is -0.701. The highest BCUT2D eigenvalue weighted by atomic mass is 79.9. The van der Waals surface area contributed by atoms with Crippen molar-refractivity contribution in [1.29, 1.82) is 0 Å². The first kappa shape index (κ1) is 13.7. The Bertz CT molecular complexity index is 391. The standard InChI is InChI=1S/C9H14Br2N4O/c1-2-3-6-14-7(10)8(11)15(6)4-5(12)9(13)16/h5H,2-4,12H2,1H3,(H2,13,16). The number of carbonyl (C=O) groups is 1. The summed E-state index contributed by atoms with van der Waals surface area (Å²) in [6.07, 6.45) is 1.80. The largest absolute Gasteiger partial charge is 0.368 e. The van der Waals surface area contributed by atoms with Gasteiger partial charge >= 0.3 is 0 Å². The van der Waals surface area contributed by atoms with E-state index < -0.39 is 11.9 Å². The molecule has 0 bridgehead atoms. The Labute approximate surface area is 111 Å². The lowest BCUT2D eigenvalue weighted by molar-refractivity contribution is -0.119. The number of amides is 1. The number of halogens is 2. The first-order valence-electron chi connectivity index (χ1n) is 4.92. The first-order valence-corrected chi connectivity index (χ1v) is 6.51. The highest BCUT2D eigenvalue weighted by Crippen LogP contribution is 2.24. The van der Waals surface area contributed by atoms with Crippen LogP contribution in [-0.4, -0.2) is 21.5 Å². The minimum atomic E-state index is -0.701. The Balaban J connectivity index is 2.96. The molecule has 0 saturated heterocycles. The van der Waals surface area contributed by atoms with Gasteiger partial charge in [-0.2, -0.15) is 0 Å². The molecule has 0 aliphatic rings. The zero-order valence-corrected chi connectivity index (χ0v) is 12.1. The van der Waals surface area contributed by atoms with E-state index in [0.717, 1.165) is 23.3 Å². The Morgan fingerprint density at radius 2 is 2.19 bits per heavy atom. The van der Waals surface area contributed by atoms with Crippen molar-refractivity contribution in [2.45, 2.75) is 32.4 Å². The molecule has 1 aromatic rings. The minimum Gasteiger partial charge on any atom is -0.368 e. The molecule has 4 N–H and O–H groups in total. The third-order valence-electron chi connectivity index (χ3n) is 2.16. The fraction of sp³-hybridized carbons (Fsp3) is 0.556. The Kier molecular flexibility index (Phi) is 4.94. The van der Waals surface area contributed by atoms with E-state index in [2.05, 4.69) is 43.8 Å². The monoisotopic (exact) mass is 352 g/mol. The van der Waals surface area contributed by atoms with Crippen LogP contribution in [0, 0.1) is 0 Å². The number of aromatic nitrogens is 2. The van der Waals surface area contributed by atoms with E-state index in [1.54, 1.807) is 0 Å². The third-order valence-corrected chi connectivity index (χ3v) is 4.05. The molecular formula is C9H14Br2N4O. The number of primary amides is 1. The number of imidazole rings is 1. The number of hydrogen-bond acceptors (Lipinski definition) is 3. The lowest BCUT2D eigenvalue weighted by atomic mass is 10.3. The van der Waals surface area contributed by atoms with Gasteiger partial charge in [0.25, 0.3) is 0 Å². The van der Waals surface area contributed by atoms with E-state index in [1.807, 2.05) is 4.57 Å². The van der Waals surface area contributed by atoms with Gasteiger partial charge in [-0.25, -0.2) is 4.98 Å². The quantitative estimate of drug-likeness (QED) is 0.833. The molecule has 1 unspecified atom stereocenters. The van der Waals surface area contributed by atoms with E-state index in [4.69, 9.17) is 11.5 Å². The molecule has 1 atom stereocenters. The summed E-state index contributed by atoms with van der Waals surface area (Å²) in [5.41, 5.74) is 10.8. The predicted molar refractivity (Wildman–Crippen MR) is 68.8 cm³/mol. The maximum Gasteiger partial charge on any atom is 0.236 e. The summed E-state index contributed by atoms with van der Waals surface area (Å²) in [5, 5.41) is 0. The number of nitrogens with zero attached hydrogens (tertiary/aromatic N) is 2. The van der Waals surface area contributed by atoms with Gasteiger partial charge in [0.15, 0.2) is 0 Å². The molecule has 0 aromatic carbocycles. The van der Waals surface area contributed by atoms with Gasteiger partial charge in [-0.05, 0) is 38.3 Å². The van der Waals surface area contributed by atoms with Crippen LogP contribution in [0.25, 0.3) is 0 Å². The summed E-state index contributed by atoms with van der Waals surface area (Å²) >= 11 is 6.72. The van der Waals surface area contributed by atoms with Crippen LogP contribution < -0.4 is 11.5 Å². The van der Waals surface area contributed by atoms with Gasteiger partial charge < -0.3 is 16.0 Å². The van der Waals surface area contributed by atoms with E-state index in [1.165, 1.54) is 0 Å². The van der Waals surface area contributed by atoms with Gasteiger partial charge in [-0.15, -0.1) is 0 Å². The number of hydrogen-bond donors (Lipinski definition) is 2. The van der Waals surface area contributed by atoms with Crippen molar-refractivity contribution in [3.8, 4) is 0 Å². The zero-order valence-electron chi connectivity index (χ0n) is 8.91. The minimum absolute atomic E-state index is 0.337. The molecule has 7 heteroatoms. The van der Waals surface area contributed by atoms with Crippen LogP contribution in [0.1, 0.15) is 19.2 Å². The summed E-state index contributed by atoms with van der Waals surface area (Å²) < 4.78 is 3.36. The van der Waals surface area contributed by atoms with Crippen molar-refractivity contribution in [3.63, 3.8) is 0 Å². The second-order valence-corrected chi connectivity index (χ2v) is 4.98. The average molecular weight is 354 g/mol. The summed E-state index contributed by atoms with van der Waals surface area (Å²) in [6.45, 7) is 2.40. The average Bonchev–Trinajstić information content (AvgIpc) is 2.46. The van der Waals surface area contributed by atoms with Crippen LogP contribution >= 0.6 is 31.9 Å². The number of nitrogens with two attached hydrogens (primary N) is 2. The maximum absolute atomic E-state index is 10.9. The van der Waals surface area contributed by atoms with Crippen molar-refractivity contribution in [1.82, 2.24) is 9.55 Å². The van der Waals surface area contributed by atoms with Gasteiger partial charge in [0.2, 0.25) is 5.91 Å². The van der Waals surface area contributed by atoms with E-state index in [0.29, 0.717) is 11.1 Å². The summed E-state index contributed by atoms with van der Waals surface area (Å²) in [5.74, 6) is 0.372. The van der Waals surface area contributed by atoms with E-state index >= 15 is 0 Å². The molecule has 90 valence electrons. The molecule has 0 aliphatic carbocycles. The molecule has 16 heavy (non-hydrogen) atoms. The highest BCUT2D eigenvalue weighted by Gasteiger charge is 2.17. The predicted octanol–water partition coefficient (Wildman–Crippen LogP) is 1.17. The van der Waals surface area contributed by atoms with Crippen molar-refractivity contribution in [2.75, 3.05) is 0 Å². The normalized spacial score (nSPS) is 12.8. The molecule has 1 aromatic heterocycles. The van der Waals surface area contributed by atoms with Crippen molar-refractivity contribution >= 4 is 37.8 Å². The van der Waals surface area contributed by atoms with Gasteiger partial charge in [0.05, 0.1) is 0 Å². The second kappa shape index (κ2) is 5.79.